The van der Waals surface area contributed by atoms with E-state index < -0.39 is 21.5 Å². The molecule has 0 aliphatic heterocycles. The Bertz CT molecular complexity index is 497. The monoisotopic (exact) mass is 256 g/mol. The van der Waals surface area contributed by atoms with Gasteiger partial charge >= 0.3 is 0 Å². The van der Waals surface area contributed by atoms with Gasteiger partial charge in [0.1, 0.15) is 5.75 Å². The summed E-state index contributed by atoms with van der Waals surface area (Å²) in [5.41, 5.74) is 7.06. The standard InChI is InChI=1S/C11H16N2O3S/c1-13-11(14)8-17(15,16)7-6-9-4-2-3-5-10(9)12/h2-5H,6-8,12H2,1H3,(H,13,14). The highest BCUT2D eigenvalue weighted by Crippen LogP contribution is 2.12. The highest BCUT2D eigenvalue weighted by molar-refractivity contribution is 7.92. The van der Waals surface area contributed by atoms with E-state index in [2.05, 4.69) is 5.32 Å². The number of amides is 1. The third-order valence-corrected chi connectivity index (χ3v) is 3.90. The lowest BCUT2D eigenvalue weighted by Gasteiger charge is -2.06. The number of nitrogens with two attached hydrogens (primary N) is 1. The van der Waals surface area contributed by atoms with Gasteiger partial charge < -0.3 is 11.1 Å². The van der Waals surface area contributed by atoms with Crippen molar-refractivity contribution in [3.05, 3.63) is 29.8 Å². The average Bonchev–Trinajstić information content (AvgIpc) is 2.27. The lowest BCUT2D eigenvalue weighted by molar-refractivity contribution is -0.118. The number of hydrogen-bond donors (Lipinski definition) is 2. The minimum absolute atomic E-state index is 0.0748. The van der Waals surface area contributed by atoms with Crippen LogP contribution < -0.4 is 11.1 Å². The highest BCUT2D eigenvalue weighted by atomic mass is 32.2. The lowest BCUT2D eigenvalue weighted by Crippen LogP contribution is -2.28. The molecule has 0 atom stereocenters. The number of hydrogen-bond acceptors (Lipinski definition) is 4. The van der Waals surface area contributed by atoms with Crippen LogP contribution in [-0.2, 0) is 21.1 Å². The first-order chi connectivity index (χ1) is 7.94. The van der Waals surface area contributed by atoms with Crippen LogP contribution in [0, 0.1) is 0 Å². The zero-order valence-corrected chi connectivity index (χ0v) is 10.5. The molecule has 3 N–H and O–H groups in total. The summed E-state index contributed by atoms with van der Waals surface area (Å²) in [4.78, 5) is 11.0. The van der Waals surface area contributed by atoms with Gasteiger partial charge in [0.05, 0.1) is 5.75 Å². The number of nitrogen functional groups attached to an aromatic ring is 1. The minimum atomic E-state index is -3.38. The summed E-state index contributed by atoms with van der Waals surface area (Å²) in [6.07, 6.45) is 0.325. The molecule has 0 aliphatic rings. The van der Waals surface area contributed by atoms with E-state index >= 15 is 0 Å². The fourth-order valence-corrected chi connectivity index (χ4v) is 2.59. The van der Waals surface area contributed by atoms with Gasteiger partial charge in [-0.15, -0.1) is 0 Å². The summed E-state index contributed by atoms with van der Waals surface area (Å²) >= 11 is 0. The molecule has 5 nitrogen and oxygen atoms in total. The number of carbonyl (C=O) groups is 1. The second-order valence-corrected chi connectivity index (χ2v) is 5.90. The first-order valence-corrected chi connectivity index (χ1v) is 7.01. The smallest absolute Gasteiger partial charge is 0.234 e. The second kappa shape index (κ2) is 5.67. The fraction of sp³-hybridized carbons (Fsp3) is 0.364. The Morgan fingerprint density at radius 1 is 1.35 bits per heavy atom. The Morgan fingerprint density at radius 3 is 2.59 bits per heavy atom. The van der Waals surface area contributed by atoms with E-state index in [4.69, 9.17) is 5.73 Å². The van der Waals surface area contributed by atoms with Crippen molar-refractivity contribution in [2.24, 2.45) is 0 Å². The van der Waals surface area contributed by atoms with Crippen molar-refractivity contribution in [2.75, 3.05) is 24.3 Å². The maximum Gasteiger partial charge on any atom is 0.234 e. The summed E-state index contributed by atoms with van der Waals surface area (Å²) < 4.78 is 23.2. The molecule has 17 heavy (non-hydrogen) atoms. The average molecular weight is 256 g/mol. The highest BCUT2D eigenvalue weighted by Gasteiger charge is 2.16. The molecular formula is C11H16N2O3S. The Labute approximate surface area is 101 Å². The molecule has 0 bridgehead atoms. The maximum absolute atomic E-state index is 11.6. The van der Waals surface area contributed by atoms with Gasteiger partial charge in [0, 0.05) is 12.7 Å². The van der Waals surface area contributed by atoms with Gasteiger partial charge in [-0.25, -0.2) is 8.42 Å². The normalized spacial score (nSPS) is 11.1. The van der Waals surface area contributed by atoms with Crippen LogP contribution in [0.4, 0.5) is 5.69 Å². The van der Waals surface area contributed by atoms with E-state index in [-0.39, 0.29) is 5.75 Å². The van der Waals surface area contributed by atoms with Gasteiger partial charge in [0.25, 0.3) is 0 Å². The van der Waals surface area contributed by atoms with Crippen LogP contribution in [0.1, 0.15) is 5.56 Å². The molecule has 0 heterocycles. The van der Waals surface area contributed by atoms with Crippen LogP contribution in [0.5, 0.6) is 0 Å². The third-order valence-electron chi connectivity index (χ3n) is 2.37. The Kier molecular flexibility index (Phi) is 4.51. The topological polar surface area (TPSA) is 89.3 Å². The summed E-state index contributed by atoms with van der Waals surface area (Å²) in [5.74, 6) is -1.05. The number of aryl methyl sites for hydroxylation is 1. The van der Waals surface area contributed by atoms with Crippen LogP contribution in [0.25, 0.3) is 0 Å². The Balaban J connectivity index is 2.62. The molecule has 0 fully saturated rings. The second-order valence-electron chi connectivity index (χ2n) is 3.71. The summed E-state index contributed by atoms with van der Waals surface area (Å²) in [5, 5.41) is 2.29. The molecule has 0 unspecified atom stereocenters. The quantitative estimate of drug-likeness (QED) is 0.724. The van der Waals surface area contributed by atoms with Crippen LogP contribution in [0.2, 0.25) is 0 Å². The number of sulfone groups is 1. The molecule has 0 spiro atoms. The van der Waals surface area contributed by atoms with Crippen LogP contribution in [0.3, 0.4) is 0 Å². The fourth-order valence-electron chi connectivity index (χ4n) is 1.37. The van der Waals surface area contributed by atoms with E-state index in [1.807, 2.05) is 0 Å². The van der Waals surface area contributed by atoms with Gasteiger partial charge in [-0.1, -0.05) is 18.2 Å². The van der Waals surface area contributed by atoms with Crippen molar-refractivity contribution in [1.82, 2.24) is 5.32 Å². The van der Waals surface area contributed by atoms with E-state index in [1.54, 1.807) is 24.3 Å². The molecule has 0 saturated heterocycles. The predicted molar refractivity (Wildman–Crippen MR) is 67.3 cm³/mol. The molecule has 0 aliphatic carbocycles. The first kappa shape index (κ1) is 13.5. The number of benzene rings is 1. The van der Waals surface area contributed by atoms with Crippen molar-refractivity contribution in [1.29, 1.82) is 0 Å². The minimum Gasteiger partial charge on any atom is -0.399 e. The molecule has 1 rings (SSSR count). The Morgan fingerprint density at radius 2 is 2.00 bits per heavy atom. The van der Waals surface area contributed by atoms with Gasteiger partial charge in [0.15, 0.2) is 9.84 Å². The van der Waals surface area contributed by atoms with Gasteiger partial charge in [-0.3, -0.25) is 4.79 Å². The zero-order chi connectivity index (χ0) is 12.9. The van der Waals surface area contributed by atoms with Gasteiger partial charge in [-0.2, -0.15) is 0 Å². The van der Waals surface area contributed by atoms with E-state index in [9.17, 15) is 13.2 Å². The number of para-hydroxylation sites is 1. The molecule has 0 aromatic heterocycles. The predicted octanol–water partition coefficient (Wildman–Crippen LogP) is -0.0279. The molecule has 6 heteroatoms. The van der Waals surface area contributed by atoms with E-state index in [0.29, 0.717) is 12.1 Å². The molecule has 0 radical (unpaired) electrons. The van der Waals surface area contributed by atoms with E-state index in [1.165, 1.54) is 7.05 Å². The SMILES string of the molecule is CNC(=O)CS(=O)(=O)CCc1ccccc1N. The molecule has 1 amide bonds. The van der Waals surface area contributed by atoms with Crippen molar-refractivity contribution in [3.63, 3.8) is 0 Å². The lowest BCUT2D eigenvalue weighted by atomic mass is 10.1. The number of rotatable bonds is 5. The first-order valence-electron chi connectivity index (χ1n) is 5.19. The van der Waals surface area contributed by atoms with Gasteiger partial charge in [0.2, 0.25) is 5.91 Å². The molecular weight excluding hydrogens is 240 g/mol. The summed E-state index contributed by atoms with van der Waals surface area (Å²) in [6.45, 7) is 0. The number of carbonyl (C=O) groups excluding carboxylic acids is 1. The van der Waals surface area contributed by atoms with Crippen LogP contribution >= 0.6 is 0 Å². The molecule has 0 saturated carbocycles. The summed E-state index contributed by atoms with van der Waals surface area (Å²) in [6, 6.07) is 7.10. The third kappa shape index (κ3) is 4.44. The van der Waals surface area contributed by atoms with Crippen molar-refractivity contribution in [2.45, 2.75) is 6.42 Å². The summed E-state index contributed by atoms with van der Waals surface area (Å²) in [7, 11) is -1.97. The van der Waals surface area contributed by atoms with Gasteiger partial charge in [-0.05, 0) is 18.1 Å². The maximum atomic E-state index is 11.6. The Hall–Kier alpha value is -1.56. The zero-order valence-electron chi connectivity index (χ0n) is 9.64. The number of anilines is 1. The van der Waals surface area contributed by atoms with Crippen molar-refractivity contribution in [3.8, 4) is 0 Å². The van der Waals surface area contributed by atoms with Crippen molar-refractivity contribution >= 4 is 21.4 Å². The molecule has 94 valence electrons. The van der Waals surface area contributed by atoms with Crippen LogP contribution in [0.15, 0.2) is 24.3 Å². The number of nitrogens with one attached hydrogen (secondary N) is 1. The van der Waals surface area contributed by atoms with E-state index in [0.717, 1.165) is 5.56 Å². The molecule has 1 aromatic rings. The van der Waals surface area contributed by atoms with Crippen LogP contribution in [-0.4, -0.2) is 32.9 Å². The van der Waals surface area contributed by atoms with Crippen molar-refractivity contribution < 1.29 is 13.2 Å². The molecule has 1 aromatic carbocycles. The largest absolute Gasteiger partial charge is 0.399 e.